The van der Waals surface area contributed by atoms with Gasteiger partial charge in [-0.2, -0.15) is 0 Å². The van der Waals surface area contributed by atoms with Gasteiger partial charge in [-0.05, 0) is 30.5 Å². The lowest BCUT2D eigenvalue weighted by atomic mass is 9.95. The second-order valence-electron chi connectivity index (χ2n) is 4.70. The molecule has 1 aromatic carbocycles. The fraction of sp³-hybridized carbons (Fsp3) is 0.500. The molecule has 104 valence electrons. The lowest BCUT2D eigenvalue weighted by molar-refractivity contribution is 0.170. The van der Waals surface area contributed by atoms with Gasteiger partial charge < -0.3 is 19.5 Å². The van der Waals surface area contributed by atoms with Crippen LogP contribution in [0.3, 0.4) is 0 Å². The summed E-state index contributed by atoms with van der Waals surface area (Å²) < 4.78 is 15.1. The first-order chi connectivity index (χ1) is 9.15. The molecule has 0 radical (unpaired) electrons. The predicted molar refractivity (Wildman–Crippen MR) is 70.9 cm³/mol. The lowest BCUT2D eigenvalue weighted by Crippen LogP contribution is -2.32. The molecule has 0 bridgehead atoms. The summed E-state index contributed by atoms with van der Waals surface area (Å²) in [6.45, 7) is 0.579. The number of methoxy groups -OCH3 is 3. The summed E-state index contributed by atoms with van der Waals surface area (Å²) >= 11 is 0. The molecule has 5 heteroatoms. The third-order valence-corrected chi connectivity index (χ3v) is 3.61. The van der Waals surface area contributed by atoms with E-state index in [-0.39, 0.29) is 5.41 Å². The Kier molecular flexibility index (Phi) is 3.83. The number of benzene rings is 1. The highest BCUT2D eigenvalue weighted by Crippen LogP contribution is 2.49. The first-order valence-electron chi connectivity index (χ1n) is 6.19. The summed E-state index contributed by atoms with van der Waals surface area (Å²) in [4.78, 5) is 11.2. The third-order valence-electron chi connectivity index (χ3n) is 3.61. The van der Waals surface area contributed by atoms with E-state index in [0.29, 0.717) is 18.0 Å². The van der Waals surface area contributed by atoms with E-state index in [1.807, 2.05) is 18.2 Å². The zero-order valence-electron chi connectivity index (χ0n) is 11.5. The van der Waals surface area contributed by atoms with Gasteiger partial charge in [-0.3, -0.25) is 0 Å². The number of alkyl carbamates (subject to hydrolysis) is 1. The van der Waals surface area contributed by atoms with Gasteiger partial charge in [0.1, 0.15) is 0 Å². The molecule has 1 saturated carbocycles. The smallest absolute Gasteiger partial charge is 0.406 e. The van der Waals surface area contributed by atoms with E-state index in [2.05, 4.69) is 10.1 Å². The number of nitrogens with one attached hydrogen (secondary N) is 1. The number of hydrogen-bond acceptors (Lipinski definition) is 4. The maximum Gasteiger partial charge on any atom is 0.406 e. The molecular formula is C14H19NO4. The molecule has 0 unspecified atom stereocenters. The fourth-order valence-corrected chi connectivity index (χ4v) is 2.20. The Balaban J connectivity index is 2.15. The molecule has 0 atom stereocenters. The number of amides is 1. The van der Waals surface area contributed by atoms with Gasteiger partial charge in [0.2, 0.25) is 0 Å². The van der Waals surface area contributed by atoms with Crippen molar-refractivity contribution in [1.82, 2.24) is 5.32 Å². The standard InChI is InChI=1S/C14H19NO4/c1-17-11-5-4-10(8-12(11)18-2)14(6-7-14)9-15-13(16)19-3/h4-5,8H,6-7,9H2,1-3H3,(H,15,16). The maximum atomic E-state index is 11.2. The van der Waals surface area contributed by atoms with Crippen molar-refractivity contribution < 1.29 is 19.0 Å². The van der Waals surface area contributed by atoms with Gasteiger partial charge in [0.25, 0.3) is 0 Å². The number of ether oxygens (including phenoxy) is 3. The van der Waals surface area contributed by atoms with Crippen LogP contribution < -0.4 is 14.8 Å². The quantitative estimate of drug-likeness (QED) is 0.885. The molecule has 1 fully saturated rings. The van der Waals surface area contributed by atoms with Gasteiger partial charge >= 0.3 is 6.09 Å². The van der Waals surface area contributed by atoms with Gasteiger partial charge in [0.05, 0.1) is 21.3 Å². The van der Waals surface area contributed by atoms with E-state index in [1.54, 1.807) is 14.2 Å². The van der Waals surface area contributed by atoms with Crippen LogP contribution in [0.5, 0.6) is 11.5 Å². The zero-order chi connectivity index (χ0) is 13.9. The largest absolute Gasteiger partial charge is 0.493 e. The number of hydrogen-bond donors (Lipinski definition) is 1. The van der Waals surface area contributed by atoms with Crippen LogP contribution in [0.4, 0.5) is 4.79 Å². The van der Waals surface area contributed by atoms with E-state index in [9.17, 15) is 4.79 Å². The molecule has 1 aromatic rings. The van der Waals surface area contributed by atoms with Crippen molar-refractivity contribution in [1.29, 1.82) is 0 Å². The number of rotatable bonds is 5. The van der Waals surface area contributed by atoms with Crippen LogP contribution in [0.25, 0.3) is 0 Å². The van der Waals surface area contributed by atoms with Crippen LogP contribution in [0.1, 0.15) is 18.4 Å². The fourth-order valence-electron chi connectivity index (χ4n) is 2.20. The van der Waals surface area contributed by atoms with Crippen LogP contribution in [0, 0.1) is 0 Å². The van der Waals surface area contributed by atoms with Gasteiger partial charge in [-0.15, -0.1) is 0 Å². The van der Waals surface area contributed by atoms with E-state index >= 15 is 0 Å². The van der Waals surface area contributed by atoms with Crippen molar-refractivity contribution in [3.8, 4) is 11.5 Å². The molecule has 1 aliphatic rings. The second-order valence-corrected chi connectivity index (χ2v) is 4.70. The van der Waals surface area contributed by atoms with Crippen LogP contribution in [0.15, 0.2) is 18.2 Å². The molecular weight excluding hydrogens is 246 g/mol. The van der Waals surface area contributed by atoms with E-state index in [1.165, 1.54) is 7.11 Å². The van der Waals surface area contributed by atoms with Gasteiger partial charge in [-0.1, -0.05) is 6.07 Å². The van der Waals surface area contributed by atoms with Crippen molar-refractivity contribution >= 4 is 6.09 Å². The van der Waals surface area contributed by atoms with Crippen molar-refractivity contribution in [3.05, 3.63) is 23.8 Å². The van der Waals surface area contributed by atoms with Gasteiger partial charge in [0.15, 0.2) is 11.5 Å². The molecule has 1 N–H and O–H groups in total. The molecule has 0 aliphatic heterocycles. The molecule has 0 heterocycles. The first kappa shape index (κ1) is 13.5. The summed E-state index contributed by atoms with van der Waals surface area (Å²) in [5.74, 6) is 1.42. The number of carbonyl (C=O) groups excluding carboxylic acids is 1. The molecule has 1 amide bonds. The minimum absolute atomic E-state index is 0.00768. The minimum atomic E-state index is -0.397. The molecule has 0 spiro atoms. The van der Waals surface area contributed by atoms with Crippen molar-refractivity contribution in [2.45, 2.75) is 18.3 Å². The molecule has 5 nitrogen and oxygen atoms in total. The highest BCUT2D eigenvalue weighted by atomic mass is 16.5. The Labute approximate surface area is 112 Å². The molecule has 19 heavy (non-hydrogen) atoms. The van der Waals surface area contributed by atoms with Crippen molar-refractivity contribution in [2.75, 3.05) is 27.9 Å². The van der Waals surface area contributed by atoms with E-state index < -0.39 is 6.09 Å². The van der Waals surface area contributed by atoms with Crippen molar-refractivity contribution in [2.24, 2.45) is 0 Å². The topological polar surface area (TPSA) is 56.8 Å². The lowest BCUT2D eigenvalue weighted by Gasteiger charge is -2.18. The number of carbonyl (C=O) groups is 1. The van der Waals surface area contributed by atoms with Crippen LogP contribution in [-0.2, 0) is 10.2 Å². The Morgan fingerprint density at radius 1 is 1.21 bits per heavy atom. The average Bonchev–Trinajstić information content (AvgIpc) is 3.25. The maximum absolute atomic E-state index is 11.2. The average molecular weight is 265 g/mol. The van der Waals surface area contributed by atoms with Crippen LogP contribution >= 0.6 is 0 Å². The Morgan fingerprint density at radius 3 is 2.42 bits per heavy atom. The molecule has 2 rings (SSSR count). The van der Waals surface area contributed by atoms with Crippen LogP contribution in [0.2, 0.25) is 0 Å². The molecule has 1 aliphatic carbocycles. The monoisotopic (exact) mass is 265 g/mol. The summed E-state index contributed by atoms with van der Waals surface area (Å²) in [6.07, 6.45) is 1.70. The van der Waals surface area contributed by atoms with Gasteiger partial charge in [0, 0.05) is 12.0 Å². The SMILES string of the molecule is COC(=O)NCC1(c2ccc(OC)c(OC)c2)CC1. The van der Waals surface area contributed by atoms with Crippen molar-refractivity contribution in [3.63, 3.8) is 0 Å². The second kappa shape index (κ2) is 5.38. The van der Waals surface area contributed by atoms with Crippen LogP contribution in [-0.4, -0.2) is 34.0 Å². The molecule has 0 saturated heterocycles. The summed E-state index contributed by atoms with van der Waals surface area (Å²) in [5.41, 5.74) is 1.16. The Hall–Kier alpha value is -1.91. The Bertz CT molecular complexity index is 469. The Morgan fingerprint density at radius 2 is 1.89 bits per heavy atom. The normalized spacial score (nSPS) is 15.5. The summed E-state index contributed by atoms with van der Waals surface area (Å²) in [5, 5.41) is 2.77. The minimum Gasteiger partial charge on any atom is -0.493 e. The zero-order valence-corrected chi connectivity index (χ0v) is 11.5. The van der Waals surface area contributed by atoms with Gasteiger partial charge in [-0.25, -0.2) is 4.79 Å². The summed E-state index contributed by atoms with van der Waals surface area (Å²) in [7, 11) is 4.60. The molecule has 0 aromatic heterocycles. The summed E-state index contributed by atoms with van der Waals surface area (Å²) in [6, 6.07) is 5.89. The van der Waals surface area contributed by atoms with E-state index in [4.69, 9.17) is 9.47 Å². The highest BCUT2D eigenvalue weighted by Gasteiger charge is 2.44. The highest BCUT2D eigenvalue weighted by molar-refractivity contribution is 5.67. The van der Waals surface area contributed by atoms with E-state index in [0.717, 1.165) is 18.4 Å². The first-order valence-corrected chi connectivity index (χ1v) is 6.19. The predicted octanol–water partition coefficient (Wildman–Crippen LogP) is 2.09. The third kappa shape index (κ3) is 2.75.